The van der Waals surface area contributed by atoms with Gasteiger partial charge in [0.2, 0.25) is 5.91 Å². The number of rotatable bonds is 3. The molecule has 3 nitrogen and oxygen atoms in total. The lowest BCUT2D eigenvalue weighted by molar-refractivity contribution is -0.116. The lowest BCUT2D eigenvalue weighted by Gasteiger charge is -2.28. The Morgan fingerprint density at radius 3 is 3.12 bits per heavy atom. The van der Waals surface area contributed by atoms with Gasteiger partial charge in [-0.05, 0) is 30.8 Å². The summed E-state index contributed by atoms with van der Waals surface area (Å²) in [5.41, 5.74) is 1.62. The van der Waals surface area contributed by atoms with E-state index in [4.69, 9.17) is 0 Å². The summed E-state index contributed by atoms with van der Waals surface area (Å²) in [6.07, 6.45) is 4.66. The molecule has 92 valence electrons. The molecule has 1 heterocycles. The van der Waals surface area contributed by atoms with Crippen LogP contribution in [0.4, 0.5) is 0 Å². The smallest absolute Gasteiger partial charge is 0.243 e. The van der Waals surface area contributed by atoms with Crippen LogP contribution in [0.1, 0.15) is 35.8 Å². The number of nitrogens with one attached hydrogen (secondary N) is 1. The number of hydrogen-bond acceptors (Lipinski definition) is 3. The minimum absolute atomic E-state index is 0.140. The van der Waals surface area contributed by atoms with E-state index in [9.17, 15) is 4.79 Å². The van der Waals surface area contributed by atoms with Crippen LogP contribution in [0.25, 0.3) is 0 Å². The zero-order chi connectivity index (χ0) is 12.5. The first-order valence-electron chi connectivity index (χ1n) is 5.88. The third-order valence-electron chi connectivity index (χ3n) is 3.10. The maximum Gasteiger partial charge on any atom is 0.243 e. The summed E-state index contributed by atoms with van der Waals surface area (Å²) in [7, 11) is 0. The Labute approximate surface area is 106 Å². The van der Waals surface area contributed by atoms with Gasteiger partial charge in [0.1, 0.15) is 5.01 Å². The molecule has 0 fully saturated rings. The molecule has 0 aliphatic heterocycles. The molecule has 1 aromatic heterocycles. The Morgan fingerprint density at radius 1 is 1.65 bits per heavy atom. The second-order valence-corrected chi connectivity index (χ2v) is 6.41. The zero-order valence-corrected chi connectivity index (χ0v) is 11.2. The highest BCUT2D eigenvalue weighted by atomic mass is 32.1. The molecule has 0 saturated heterocycles. The molecule has 2 rings (SSSR count). The normalized spacial score (nSPS) is 17.3. The average molecular weight is 250 g/mol. The van der Waals surface area contributed by atoms with Crippen LogP contribution in [0, 0.1) is 5.41 Å². The summed E-state index contributed by atoms with van der Waals surface area (Å²) in [6, 6.07) is 0. The first-order chi connectivity index (χ1) is 8.00. The molecule has 0 atom stereocenters. The second-order valence-electron chi connectivity index (χ2n) is 5.24. The van der Waals surface area contributed by atoms with Gasteiger partial charge in [0, 0.05) is 4.88 Å². The number of aryl methyl sites for hydroxylation is 1. The van der Waals surface area contributed by atoms with Crippen molar-refractivity contribution in [1.29, 1.82) is 0 Å². The molecule has 1 aliphatic carbocycles. The summed E-state index contributed by atoms with van der Waals surface area (Å²) >= 11 is 1.73. The highest BCUT2D eigenvalue weighted by molar-refractivity contribution is 7.11. The van der Waals surface area contributed by atoms with Crippen molar-refractivity contribution in [3.05, 3.63) is 28.2 Å². The topological polar surface area (TPSA) is 42.0 Å². The molecule has 0 unspecified atom stereocenters. The third-order valence-corrected chi connectivity index (χ3v) is 4.20. The van der Waals surface area contributed by atoms with Gasteiger partial charge in [0.15, 0.2) is 0 Å². The fraction of sp³-hybridized carbons (Fsp3) is 0.538. The number of nitrogens with zero attached hydrogens (tertiary/aromatic N) is 1. The number of aromatic nitrogens is 1. The van der Waals surface area contributed by atoms with Gasteiger partial charge in [0.25, 0.3) is 0 Å². The van der Waals surface area contributed by atoms with Gasteiger partial charge < -0.3 is 5.32 Å². The van der Waals surface area contributed by atoms with Gasteiger partial charge in [0.05, 0.1) is 12.2 Å². The van der Waals surface area contributed by atoms with Crippen LogP contribution in [0.2, 0.25) is 0 Å². The summed E-state index contributed by atoms with van der Waals surface area (Å²) < 4.78 is 0. The predicted molar refractivity (Wildman–Crippen MR) is 70.0 cm³/mol. The van der Waals surface area contributed by atoms with Gasteiger partial charge in [-0.25, -0.2) is 4.98 Å². The molecule has 1 amide bonds. The van der Waals surface area contributed by atoms with Crippen LogP contribution < -0.4 is 5.32 Å². The van der Waals surface area contributed by atoms with Crippen molar-refractivity contribution in [2.75, 3.05) is 0 Å². The standard InChI is InChI=1S/C13H18N2OS/c1-4-11(16)14-8-12-15-9-5-6-13(2,3)7-10(9)17-12/h4H,1,5-8H2,2-3H3,(H,14,16). The quantitative estimate of drug-likeness (QED) is 0.837. The van der Waals surface area contributed by atoms with Gasteiger partial charge in [-0.2, -0.15) is 0 Å². The molecule has 0 saturated carbocycles. The van der Waals surface area contributed by atoms with E-state index in [1.807, 2.05) is 0 Å². The Bertz CT molecular complexity index is 448. The van der Waals surface area contributed by atoms with Crippen LogP contribution in [0.3, 0.4) is 0 Å². The second kappa shape index (κ2) is 4.61. The Morgan fingerprint density at radius 2 is 2.41 bits per heavy atom. The Balaban J connectivity index is 2.05. The van der Waals surface area contributed by atoms with E-state index in [0.717, 1.165) is 17.8 Å². The molecule has 4 heteroatoms. The van der Waals surface area contributed by atoms with Crippen LogP contribution in [-0.2, 0) is 24.2 Å². The van der Waals surface area contributed by atoms with E-state index < -0.39 is 0 Å². The lowest BCUT2D eigenvalue weighted by atomic mass is 9.79. The fourth-order valence-electron chi connectivity index (χ4n) is 2.06. The van der Waals surface area contributed by atoms with Crippen LogP contribution in [0.5, 0.6) is 0 Å². The monoisotopic (exact) mass is 250 g/mol. The van der Waals surface area contributed by atoms with Crippen molar-refractivity contribution in [3.63, 3.8) is 0 Å². The first-order valence-corrected chi connectivity index (χ1v) is 6.69. The molecular formula is C13H18N2OS. The summed E-state index contributed by atoms with van der Waals surface area (Å²) in [4.78, 5) is 17.1. The molecule has 0 spiro atoms. The van der Waals surface area contributed by atoms with Crippen molar-refractivity contribution >= 4 is 17.2 Å². The molecule has 0 aromatic carbocycles. The molecule has 1 aliphatic rings. The highest BCUT2D eigenvalue weighted by Gasteiger charge is 2.27. The number of carbonyl (C=O) groups is 1. The Kier molecular flexibility index (Phi) is 3.33. The number of thiazole rings is 1. The van der Waals surface area contributed by atoms with E-state index in [1.165, 1.54) is 23.1 Å². The fourth-order valence-corrected chi connectivity index (χ4v) is 3.37. The van der Waals surface area contributed by atoms with Crippen molar-refractivity contribution in [1.82, 2.24) is 10.3 Å². The van der Waals surface area contributed by atoms with E-state index in [2.05, 4.69) is 30.7 Å². The Hall–Kier alpha value is -1.16. The summed E-state index contributed by atoms with van der Waals surface area (Å²) in [5.74, 6) is -0.140. The van der Waals surface area contributed by atoms with Crippen molar-refractivity contribution in [3.8, 4) is 0 Å². The zero-order valence-electron chi connectivity index (χ0n) is 10.4. The van der Waals surface area contributed by atoms with Gasteiger partial charge in [-0.3, -0.25) is 4.79 Å². The minimum Gasteiger partial charge on any atom is -0.346 e. The van der Waals surface area contributed by atoms with E-state index in [-0.39, 0.29) is 5.91 Å². The van der Waals surface area contributed by atoms with E-state index in [0.29, 0.717) is 12.0 Å². The molecule has 0 bridgehead atoms. The molecular weight excluding hydrogens is 232 g/mol. The molecule has 1 aromatic rings. The first kappa shape index (κ1) is 12.3. The average Bonchev–Trinajstić information content (AvgIpc) is 2.66. The number of hydrogen-bond donors (Lipinski definition) is 1. The van der Waals surface area contributed by atoms with E-state index in [1.54, 1.807) is 11.3 Å². The van der Waals surface area contributed by atoms with E-state index >= 15 is 0 Å². The lowest BCUT2D eigenvalue weighted by Crippen LogP contribution is -2.21. The van der Waals surface area contributed by atoms with Gasteiger partial charge in [-0.15, -0.1) is 11.3 Å². The molecule has 1 N–H and O–H groups in total. The van der Waals surface area contributed by atoms with Crippen LogP contribution in [0.15, 0.2) is 12.7 Å². The number of carbonyl (C=O) groups excluding carboxylic acids is 1. The maximum absolute atomic E-state index is 11.1. The van der Waals surface area contributed by atoms with Crippen molar-refractivity contribution in [2.45, 2.75) is 39.7 Å². The van der Waals surface area contributed by atoms with Crippen LogP contribution in [-0.4, -0.2) is 10.9 Å². The summed E-state index contributed by atoms with van der Waals surface area (Å²) in [6.45, 7) is 8.55. The van der Waals surface area contributed by atoms with Crippen LogP contribution >= 0.6 is 11.3 Å². The van der Waals surface area contributed by atoms with Gasteiger partial charge >= 0.3 is 0 Å². The number of amides is 1. The third kappa shape index (κ3) is 2.94. The van der Waals surface area contributed by atoms with Crippen molar-refractivity contribution < 1.29 is 4.79 Å². The van der Waals surface area contributed by atoms with Crippen molar-refractivity contribution in [2.24, 2.45) is 5.41 Å². The predicted octanol–water partition coefficient (Wildman–Crippen LogP) is 2.46. The molecule has 17 heavy (non-hydrogen) atoms. The number of fused-ring (bicyclic) bond motifs is 1. The summed E-state index contributed by atoms with van der Waals surface area (Å²) in [5, 5.41) is 3.77. The minimum atomic E-state index is -0.140. The largest absolute Gasteiger partial charge is 0.346 e. The molecule has 0 radical (unpaired) electrons. The maximum atomic E-state index is 11.1. The SMILES string of the molecule is C=CC(=O)NCc1nc2c(s1)CC(C)(C)CC2. The van der Waals surface area contributed by atoms with Gasteiger partial charge in [-0.1, -0.05) is 20.4 Å². The highest BCUT2D eigenvalue weighted by Crippen LogP contribution is 2.37.